The van der Waals surface area contributed by atoms with Crippen LogP contribution in [0.4, 0.5) is 0 Å². The number of carboxylic acids is 1. The molecule has 0 saturated heterocycles. The molecule has 2 aliphatic rings. The molecule has 5 heteroatoms. The van der Waals surface area contributed by atoms with E-state index in [4.69, 9.17) is 20.3 Å². The standard InChI is InChI=1S/C14H17NO4/c15-12(7-14(16)17)13-9-18-8-11(19-13)6-10-4-2-1-3-5-10/h1-2,4,8-9,12H,3,5-7,15H2,(H,16,17). The number of rotatable bonds is 5. The molecule has 0 bridgehead atoms. The zero-order valence-electron chi connectivity index (χ0n) is 10.5. The molecular formula is C14H17NO4. The molecule has 0 saturated carbocycles. The number of allylic oxidation sites excluding steroid dienone is 4. The van der Waals surface area contributed by atoms with Crippen LogP contribution < -0.4 is 5.73 Å². The second kappa shape index (κ2) is 6.24. The topological polar surface area (TPSA) is 81.8 Å². The molecule has 0 amide bonds. The van der Waals surface area contributed by atoms with Gasteiger partial charge in [0.25, 0.3) is 0 Å². The fourth-order valence-corrected chi connectivity index (χ4v) is 1.93. The van der Waals surface area contributed by atoms with Crippen molar-refractivity contribution in [1.82, 2.24) is 0 Å². The Kier molecular flexibility index (Phi) is 4.41. The van der Waals surface area contributed by atoms with Crippen molar-refractivity contribution in [3.63, 3.8) is 0 Å². The van der Waals surface area contributed by atoms with Crippen molar-refractivity contribution in [3.8, 4) is 0 Å². The third kappa shape index (κ3) is 3.99. The molecule has 1 atom stereocenters. The first kappa shape index (κ1) is 13.4. The van der Waals surface area contributed by atoms with E-state index >= 15 is 0 Å². The minimum atomic E-state index is -0.965. The number of hydrogen-bond acceptors (Lipinski definition) is 4. The molecule has 19 heavy (non-hydrogen) atoms. The number of carbonyl (C=O) groups is 1. The first-order valence-corrected chi connectivity index (χ1v) is 6.19. The monoisotopic (exact) mass is 263 g/mol. The molecule has 0 spiro atoms. The molecule has 2 rings (SSSR count). The summed E-state index contributed by atoms with van der Waals surface area (Å²) in [6.45, 7) is 0. The lowest BCUT2D eigenvalue weighted by molar-refractivity contribution is -0.137. The van der Waals surface area contributed by atoms with Gasteiger partial charge in [-0.3, -0.25) is 4.79 Å². The predicted molar refractivity (Wildman–Crippen MR) is 69.6 cm³/mol. The molecule has 0 aromatic carbocycles. The van der Waals surface area contributed by atoms with Crippen LogP contribution in [-0.4, -0.2) is 17.1 Å². The average Bonchev–Trinajstić information content (AvgIpc) is 2.39. The van der Waals surface area contributed by atoms with Gasteiger partial charge in [-0.2, -0.15) is 0 Å². The lowest BCUT2D eigenvalue weighted by atomic mass is 10.0. The molecule has 0 radical (unpaired) electrons. The zero-order valence-corrected chi connectivity index (χ0v) is 10.5. The second-order valence-corrected chi connectivity index (χ2v) is 4.52. The van der Waals surface area contributed by atoms with Gasteiger partial charge in [0.15, 0.2) is 5.76 Å². The smallest absolute Gasteiger partial charge is 0.305 e. The summed E-state index contributed by atoms with van der Waals surface area (Å²) in [6, 6.07) is -0.693. The van der Waals surface area contributed by atoms with E-state index in [0.29, 0.717) is 17.9 Å². The third-order valence-corrected chi connectivity index (χ3v) is 2.89. The summed E-state index contributed by atoms with van der Waals surface area (Å²) in [5, 5.41) is 8.71. The molecule has 102 valence electrons. The number of aliphatic carboxylic acids is 1. The van der Waals surface area contributed by atoms with Gasteiger partial charge in [-0.1, -0.05) is 23.8 Å². The molecular weight excluding hydrogens is 246 g/mol. The Morgan fingerprint density at radius 3 is 3.00 bits per heavy atom. The van der Waals surface area contributed by atoms with Crippen LogP contribution in [0.5, 0.6) is 0 Å². The molecule has 0 fully saturated rings. The molecule has 1 aliphatic heterocycles. The van der Waals surface area contributed by atoms with E-state index in [1.165, 1.54) is 18.1 Å². The lowest BCUT2D eigenvalue weighted by Crippen LogP contribution is -2.28. The van der Waals surface area contributed by atoms with Gasteiger partial charge >= 0.3 is 5.97 Å². The Labute approximate surface area is 111 Å². The minimum absolute atomic E-state index is 0.187. The average molecular weight is 263 g/mol. The normalized spacial score (nSPS) is 19.5. The van der Waals surface area contributed by atoms with E-state index in [-0.39, 0.29) is 6.42 Å². The van der Waals surface area contributed by atoms with E-state index < -0.39 is 12.0 Å². The van der Waals surface area contributed by atoms with Crippen molar-refractivity contribution in [2.45, 2.75) is 31.7 Å². The maximum Gasteiger partial charge on any atom is 0.305 e. The number of hydrogen-bond donors (Lipinski definition) is 2. The largest absolute Gasteiger partial charge is 0.481 e. The van der Waals surface area contributed by atoms with E-state index in [9.17, 15) is 4.79 Å². The number of nitrogens with two attached hydrogens (primary N) is 1. The Bertz CT molecular complexity index is 474. The summed E-state index contributed by atoms with van der Waals surface area (Å²) in [6.07, 6.45) is 11.6. The quantitative estimate of drug-likeness (QED) is 0.794. The van der Waals surface area contributed by atoms with Crippen molar-refractivity contribution < 1.29 is 19.4 Å². The third-order valence-electron chi connectivity index (χ3n) is 2.89. The van der Waals surface area contributed by atoms with Gasteiger partial charge < -0.3 is 20.3 Å². The van der Waals surface area contributed by atoms with Crippen molar-refractivity contribution in [2.24, 2.45) is 5.73 Å². The molecule has 1 unspecified atom stereocenters. The summed E-state index contributed by atoms with van der Waals surface area (Å²) < 4.78 is 10.8. The van der Waals surface area contributed by atoms with Gasteiger partial charge in [-0.25, -0.2) is 0 Å². The summed E-state index contributed by atoms with van der Waals surface area (Å²) in [7, 11) is 0. The highest BCUT2D eigenvalue weighted by atomic mass is 16.5. The molecule has 1 heterocycles. The fraction of sp³-hybridized carbons (Fsp3) is 0.357. The highest BCUT2D eigenvalue weighted by Crippen LogP contribution is 2.25. The highest BCUT2D eigenvalue weighted by Gasteiger charge is 2.20. The SMILES string of the molecule is NC(CC(=O)O)C1=COC=C(CC2=CC=CCC2)O1. The number of ether oxygens (including phenoxy) is 2. The highest BCUT2D eigenvalue weighted by molar-refractivity contribution is 5.68. The Balaban J connectivity index is 1.91. The van der Waals surface area contributed by atoms with Crippen LogP contribution in [0.15, 0.2) is 47.8 Å². The van der Waals surface area contributed by atoms with Crippen LogP contribution in [0.1, 0.15) is 25.7 Å². The van der Waals surface area contributed by atoms with Crippen LogP contribution in [0.25, 0.3) is 0 Å². The minimum Gasteiger partial charge on any atom is -0.481 e. The predicted octanol–water partition coefficient (Wildman–Crippen LogP) is 2.18. The zero-order chi connectivity index (χ0) is 13.7. The van der Waals surface area contributed by atoms with Gasteiger partial charge in [-0.15, -0.1) is 0 Å². The first-order chi connectivity index (χ1) is 9.15. The molecule has 5 nitrogen and oxygen atoms in total. The van der Waals surface area contributed by atoms with Crippen molar-refractivity contribution in [3.05, 3.63) is 47.8 Å². The Hall–Kier alpha value is -2.01. The summed E-state index contributed by atoms with van der Waals surface area (Å²) in [5.41, 5.74) is 6.99. The molecule has 0 aromatic heterocycles. The fourth-order valence-electron chi connectivity index (χ4n) is 1.93. The van der Waals surface area contributed by atoms with Crippen molar-refractivity contribution in [1.29, 1.82) is 0 Å². The van der Waals surface area contributed by atoms with E-state index in [0.717, 1.165) is 12.8 Å². The lowest BCUT2D eigenvalue weighted by Gasteiger charge is -2.21. The van der Waals surface area contributed by atoms with Gasteiger partial charge in [0.1, 0.15) is 18.3 Å². The summed E-state index contributed by atoms with van der Waals surface area (Å²) >= 11 is 0. The van der Waals surface area contributed by atoms with Gasteiger partial charge in [0, 0.05) is 6.42 Å². The van der Waals surface area contributed by atoms with Gasteiger partial charge in [0.2, 0.25) is 0 Å². The van der Waals surface area contributed by atoms with Crippen LogP contribution in [0, 0.1) is 0 Å². The van der Waals surface area contributed by atoms with E-state index in [2.05, 4.69) is 12.2 Å². The first-order valence-electron chi connectivity index (χ1n) is 6.19. The van der Waals surface area contributed by atoms with Crippen molar-refractivity contribution in [2.75, 3.05) is 0 Å². The molecule has 3 N–H and O–H groups in total. The van der Waals surface area contributed by atoms with Crippen LogP contribution in [0.2, 0.25) is 0 Å². The maximum atomic E-state index is 10.6. The van der Waals surface area contributed by atoms with E-state index in [1.54, 1.807) is 0 Å². The van der Waals surface area contributed by atoms with E-state index in [1.807, 2.05) is 6.08 Å². The Morgan fingerprint density at radius 2 is 2.32 bits per heavy atom. The maximum absolute atomic E-state index is 10.6. The molecule has 1 aliphatic carbocycles. The Morgan fingerprint density at radius 1 is 1.47 bits per heavy atom. The van der Waals surface area contributed by atoms with Crippen LogP contribution in [-0.2, 0) is 14.3 Å². The second-order valence-electron chi connectivity index (χ2n) is 4.52. The van der Waals surface area contributed by atoms with Gasteiger partial charge in [-0.05, 0) is 12.8 Å². The van der Waals surface area contributed by atoms with Crippen LogP contribution in [0.3, 0.4) is 0 Å². The van der Waals surface area contributed by atoms with Crippen molar-refractivity contribution >= 4 is 5.97 Å². The van der Waals surface area contributed by atoms with Crippen LogP contribution >= 0.6 is 0 Å². The summed E-state index contributed by atoms with van der Waals surface area (Å²) in [5.74, 6) is 0.0416. The number of carboxylic acid groups (broad SMARTS) is 1. The van der Waals surface area contributed by atoms with Gasteiger partial charge in [0.05, 0.1) is 12.5 Å². The summed E-state index contributed by atoms with van der Waals surface area (Å²) in [4.78, 5) is 10.6. The molecule has 0 aromatic rings.